The van der Waals surface area contributed by atoms with Gasteiger partial charge in [-0.1, -0.05) is 13.8 Å². The van der Waals surface area contributed by atoms with Crippen molar-refractivity contribution in [2.45, 2.75) is 39.2 Å². The van der Waals surface area contributed by atoms with Crippen molar-refractivity contribution in [2.24, 2.45) is 11.8 Å². The number of amides is 1. The Morgan fingerprint density at radius 2 is 1.87 bits per heavy atom. The Morgan fingerprint density at radius 3 is 2.40 bits per heavy atom. The lowest BCUT2D eigenvalue weighted by Gasteiger charge is -2.35. The molecule has 1 saturated heterocycles. The second-order valence-corrected chi connectivity index (χ2v) is 5.40. The molecule has 0 bridgehead atoms. The molecule has 0 aromatic heterocycles. The van der Waals surface area contributed by atoms with Gasteiger partial charge in [0.05, 0.1) is 6.54 Å². The highest BCUT2D eigenvalue weighted by atomic mass is 16.2. The van der Waals surface area contributed by atoms with Crippen molar-refractivity contribution in [1.29, 1.82) is 0 Å². The molecule has 1 amide bonds. The maximum atomic E-state index is 11.9. The first kappa shape index (κ1) is 10.9. The van der Waals surface area contributed by atoms with Gasteiger partial charge in [0.25, 0.3) is 0 Å². The molecule has 2 aliphatic rings. The monoisotopic (exact) mass is 210 g/mol. The van der Waals surface area contributed by atoms with E-state index < -0.39 is 0 Å². The minimum Gasteiger partial charge on any atom is -0.341 e. The Balaban J connectivity index is 1.77. The summed E-state index contributed by atoms with van der Waals surface area (Å²) in [5.41, 5.74) is 0. The molecule has 3 heteroatoms. The molecule has 86 valence electrons. The van der Waals surface area contributed by atoms with E-state index in [2.05, 4.69) is 19.2 Å². The first-order valence-corrected chi connectivity index (χ1v) is 6.16. The van der Waals surface area contributed by atoms with Crippen molar-refractivity contribution >= 4 is 5.91 Å². The van der Waals surface area contributed by atoms with Gasteiger partial charge in [-0.15, -0.1) is 0 Å². The van der Waals surface area contributed by atoms with Crippen LogP contribution in [0.1, 0.15) is 33.1 Å². The van der Waals surface area contributed by atoms with Gasteiger partial charge in [0.2, 0.25) is 5.91 Å². The minimum atomic E-state index is 0.292. The Morgan fingerprint density at radius 1 is 1.27 bits per heavy atom. The van der Waals surface area contributed by atoms with E-state index in [1.807, 2.05) is 4.90 Å². The van der Waals surface area contributed by atoms with Crippen LogP contribution in [0.25, 0.3) is 0 Å². The molecule has 0 unspecified atom stereocenters. The SMILES string of the molecule is C[C@@H]1C[C@@H](C)CN(C(=O)CNC2CC2)C1. The maximum Gasteiger partial charge on any atom is 0.236 e. The molecule has 2 rings (SSSR count). The summed E-state index contributed by atoms with van der Waals surface area (Å²) in [5.74, 6) is 1.62. The van der Waals surface area contributed by atoms with Crippen molar-refractivity contribution in [2.75, 3.05) is 19.6 Å². The second kappa shape index (κ2) is 4.52. The summed E-state index contributed by atoms with van der Waals surface area (Å²) in [6, 6.07) is 0.633. The molecular formula is C12H22N2O. The van der Waals surface area contributed by atoms with Gasteiger partial charge in [-0.25, -0.2) is 0 Å². The maximum absolute atomic E-state index is 11.9. The van der Waals surface area contributed by atoms with Gasteiger partial charge < -0.3 is 10.2 Å². The summed E-state index contributed by atoms with van der Waals surface area (Å²) in [5, 5.41) is 3.29. The molecule has 0 aromatic carbocycles. The van der Waals surface area contributed by atoms with Gasteiger partial charge in [-0.05, 0) is 31.1 Å². The highest BCUT2D eigenvalue weighted by molar-refractivity contribution is 5.78. The van der Waals surface area contributed by atoms with Crippen LogP contribution >= 0.6 is 0 Å². The minimum absolute atomic E-state index is 0.292. The van der Waals surface area contributed by atoms with E-state index >= 15 is 0 Å². The molecule has 2 atom stereocenters. The van der Waals surface area contributed by atoms with Gasteiger partial charge in [-0.2, -0.15) is 0 Å². The molecule has 1 saturated carbocycles. The van der Waals surface area contributed by atoms with Crippen LogP contribution in [0.3, 0.4) is 0 Å². The lowest BCUT2D eigenvalue weighted by molar-refractivity contribution is -0.132. The first-order chi connectivity index (χ1) is 7.15. The zero-order valence-electron chi connectivity index (χ0n) is 9.83. The Hall–Kier alpha value is -0.570. The first-order valence-electron chi connectivity index (χ1n) is 6.16. The highest BCUT2D eigenvalue weighted by Crippen LogP contribution is 2.21. The van der Waals surface area contributed by atoms with Gasteiger partial charge in [0, 0.05) is 19.1 Å². The van der Waals surface area contributed by atoms with Crippen LogP contribution in [0.2, 0.25) is 0 Å². The molecule has 1 aliphatic heterocycles. The Bertz CT molecular complexity index is 228. The number of carbonyl (C=O) groups is 1. The molecule has 15 heavy (non-hydrogen) atoms. The molecular weight excluding hydrogens is 188 g/mol. The summed E-state index contributed by atoms with van der Waals surface area (Å²) in [6.07, 6.45) is 3.76. The van der Waals surface area contributed by atoms with Crippen LogP contribution in [-0.4, -0.2) is 36.5 Å². The van der Waals surface area contributed by atoms with Crippen molar-refractivity contribution in [3.63, 3.8) is 0 Å². The zero-order valence-corrected chi connectivity index (χ0v) is 9.83. The molecule has 1 heterocycles. The van der Waals surface area contributed by atoms with Gasteiger partial charge in [0.1, 0.15) is 0 Å². The standard InChI is InChI=1S/C12H22N2O/c1-9-5-10(2)8-14(7-9)12(15)6-13-11-3-4-11/h9-11,13H,3-8H2,1-2H3/t9-,10-/m1/s1. The van der Waals surface area contributed by atoms with E-state index in [4.69, 9.17) is 0 Å². The fraction of sp³-hybridized carbons (Fsp3) is 0.917. The number of carbonyl (C=O) groups excluding carboxylic acids is 1. The van der Waals surface area contributed by atoms with E-state index in [0.717, 1.165) is 13.1 Å². The zero-order chi connectivity index (χ0) is 10.8. The summed E-state index contributed by atoms with van der Waals surface area (Å²) in [7, 11) is 0. The topological polar surface area (TPSA) is 32.3 Å². The molecule has 2 fully saturated rings. The van der Waals surface area contributed by atoms with Crippen LogP contribution in [-0.2, 0) is 4.79 Å². The molecule has 1 aliphatic carbocycles. The third kappa shape index (κ3) is 3.20. The predicted molar refractivity (Wildman–Crippen MR) is 60.5 cm³/mol. The van der Waals surface area contributed by atoms with Crippen LogP contribution in [0.15, 0.2) is 0 Å². The van der Waals surface area contributed by atoms with E-state index in [1.165, 1.54) is 19.3 Å². The van der Waals surface area contributed by atoms with E-state index in [0.29, 0.717) is 30.3 Å². The van der Waals surface area contributed by atoms with Gasteiger partial charge >= 0.3 is 0 Å². The predicted octanol–water partition coefficient (Wildman–Crippen LogP) is 1.24. The number of likely N-dealkylation sites (tertiary alicyclic amines) is 1. The molecule has 0 aromatic rings. The van der Waals surface area contributed by atoms with Crippen LogP contribution in [0.4, 0.5) is 0 Å². The van der Waals surface area contributed by atoms with Crippen LogP contribution < -0.4 is 5.32 Å². The Labute approximate surface area is 92.2 Å². The molecule has 0 spiro atoms. The average molecular weight is 210 g/mol. The smallest absolute Gasteiger partial charge is 0.236 e. The van der Waals surface area contributed by atoms with E-state index in [-0.39, 0.29) is 0 Å². The summed E-state index contributed by atoms with van der Waals surface area (Å²) in [4.78, 5) is 13.9. The molecule has 0 radical (unpaired) electrons. The summed E-state index contributed by atoms with van der Waals surface area (Å²) < 4.78 is 0. The number of rotatable bonds is 3. The van der Waals surface area contributed by atoms with Crippen molar-refractivity contribution in [3.8, 4) is 0 Å². The lowest BCUT2D eigenvalue weighted by atomic mass is 9.92. The lowest BCUT2D eigenvalue weighted by Crippen LogP contribution is -2.46. The number of piperidine rings is 1. The third-order valence-electron chi connectivity index (χ3n) is 3.34. The average Bonchev–Trinajstić information content (AvgIpc) is 2.96. The quantitative estimate of drug-likeness (QED) is 0.760. The molecule has 3 nitrogen and oxygen atoms in total. The van der Waals surface area contributed by atoms with E-state index in [1.54, 1.807) is 0 Å². The van der Waals surface area contributed by atoms with Gasteiger partial charge in [-0.3, -0.25) is 4.79 Å². The van der Waals surface area contributed by atoms with E-state index in [9.17, 15) is 4.79 Å². The number of nitrogens with zero attached hydrogens (tertiary/aromatic N) is 1. The van der Waals surface area contributed by atoms with Crippen LogP contribution in [0, 0.1) is 11.8 Å². The van der Waals surface area contributed by atoms with Crippen molar-refractivity contribution in [1.82, 2.24) is 10.2 Å². The summed E-state index contributed by atoms with van der Waals surface area (Å²) in [6.45, 7) is 6.93. The second-order valence-electron chi connectivity index (χ2n) is 5.40. The van der Waals surface area contributed by atoms with Crippen molar-refractivity contribution < 1.29 is 4.79 Å². The number of hydrogen-bond donors (Lipinski definition) is 1. The third-order valence-corrected chi connectivity index (χ3v) is 3.34. The van der Waals surface area contributed by atoms with Crippen LogP contribution in [0.5, 0.6) is 0 Å². The largest absolute Gasteiger partial charge is 0.341 e. The Kier molecular flexibility index (Phi) is 3.29. The molecule has 1 N–H and O–H groups in total. The number of nitrogens with one attached hydrogen (secondary N) is 1. The fourth-order valence-electron chi connectivity index (χ4n) is 2.50. The van der Waals surface area contributed by atoms with Gasteiger partial charge in [0.15, 0.2) is 0 Å². The highest BCUT2D eigenvalue weighted by Gasteiger charge is 2.27. The van der Waals surface area contributed by atoms with Crippen molar-refractivity contribution in [3.05, 3.63) is 0 Å². The fourth-order valence-corrected chi connectivity index (χ4v) is 2.50. The number of hydrogen-bond acceptors (Lipinski definition) is 2. The normalized spacial score (nSPS) is 31.7. The summed E-state index contributed by atoms with van der Waals surface area (Å²) >= 11 is 0.